The minimum atomic E-state index is -0.484. The van der Waals surface area contributed by atoms with Gasteiger partial charge in [0.05, 0.1) is 0 Å². The van der Waals surface area contributed by atoms with Crippen LogP contribution in [0.4, 0.5) is 0 Å². The zero-order chi connectivity index (χ0) is 28.1. The fourth-order valence-corrected chi connectivity index (χ4v) is 4.78. The maximum Gasteiger partial charge on any atom is 0.242 e. The highest BCUT2D eigenvalue weighted by Gasteiger charge is 2.19. The van der Waals surface area contributed by atoms with Crippen molar-refractivity contribution < 1.29 is 9.59 Å². The van der Waals surface area contributed by atoms with Crippen LogP contribution in [-0.4, -0.2) is 36.9 Å². The summed E-state index contributed by atoms with van der Waals surface area (Å²) in [6.45, 7) is 5.71. The van der Waals surface area contributed by atoms with Crippen LogP contribution >= 0.6 is 0 Å². The minimum Gasteiger partial charge on any atom is -0.370 e. The summed E-state index contributed by atoms with van der Waals surface area (Å²) in [6, 6.07) is -0.484. The molecule has 0 aromatic heterocycles. The van der Waals surface area contributed by atoms with Crippen LogP contribution in [0.1, 0.15) is 162 Å². The summed E-state index contributed by atoms with van der Waals surface area (Å²) < 4.78 is 0. The third-order valence-corrected chi connectivity index (χ3v) is 7.22. The highest BCUT2D eigenvalue weighted by atomic mass is 16.2. The smallest absolute Gasteiger partial charge is 0.242 e. The molecular formula is C31H63N5O2. The minimum absolute atomic E-state index is 0.0207. The third kappa shape index (κ3) is 25.8. The van der Waals surface area contributed by atoms with Crippen LogP contribution in [0, 0.1) is 5.41 Å². The van der Waals surface area contributed by atoms with Crippen molar-refractivity contribution in [1.29, 1.82) is 5.41 Å². The van der Waals surface area contributed by atoms with Gasteiger partial charge in [0.25, 0.3) is 0 Å². The molecule has 7 nitrogen and oxygen atoms in total. The van der Waals surface area contributed by atoms with E-state index in [4.69, 9.17) is 11.1 Å². The quantitative estimate of drug-likeness (QED) is 0.0416. The van der Waals surface area contributed by atoms with E-state index in [1.54, 1.807) is 0 Å². The van der Waals surface area contributed by atoms with Crippen molar-refractivity contribution in [3.05, 3.63) is 0 Å². The first kappa shape index (κ1) is 36.2. The van der Waals surface area contributed by atoms with E-state index in [1.165, 1.54) is 96.3 Å². The Kier molecular flexibility index (Phi) is 26.9. The second-order valence-electron chi connectivity index (χ2n) is 11.0. The summed E-state index contributed by atoms with van der Waals surface area (Å²) in [5.41, 5.74) is 5.32. The Balaban J connectivity index is 3.95. The Hall–Kier alpha value is -1.79. The van der Waals surface area contributed by atoms with Crippen molar-refractivity contribution in [1.82, 2.24) is 16.0 Å². The van der Waals surface area contributed by atoms with Crippen LogP contribution in [0.2, 0.25) is 0 Å². The van der Waals surface area contributed by atoms with Gasteiger partial charge in [-0.15, -0.1) is 0 Å². The topological polar surface area (TPSA) is 120 Å². The van der Waals surface area contributed by atoms with Crippen LogP contribution in [0.3, 0.4) is 0 Å². The van der Waals surface area contributed by atoms with Crippen molar-refractivity contribution in [3.63, 3.8) is 0 Å². The fraction of sp³-hybridized carbons (Fsp3) is 0.903. The highest BCUT2D eigenvalue weighted by Crippen LogP contribution is 2.14. The van der Waals surface area contributed by atoms with E-state index in [-0.39, 0.29) is 17.8 Å². The molecule has 0 aromatic rings. The number of hydrogen-bond acceptors (Lipinski definition) is 3. The lowest BCUT2D eigenvalue weighted by Gasteiger charge is -2.19. The summed E-state index contributed by atoms with van der Waals surface area (Å²) in [4.78, 5) is 25.2. The van der Waals surface area contributed by atoms with Gasteiger partial charge in [-0.2, -0.15) is 0 Å². The monoisotopic (exact) mass is 537 g/mol. The van der Waals surface area contributed by atoms with Crippen LogP contribution in [-0.2, 0) is 9.59 Å². The lowest BCUT2D eigenvalue weighted by Crippen LogP contribution is -2.47. The molecule has 7 heteroatoms. The number of carbonyl (C=O) groups excluding carboxylic acids is 2. The van der Waals surface area contributed by atoms with Crippen LogP contribution in [0.5, 0.6) is 0 Å². The van der Waals surface area contributed by atoms with Gasteiger partial charge < -0.3 is 21.7 Å². The van der Waals surface area contributed by atoms with Gasteiger partial charge in [0.1, 0.15) is 6.04 Å². The molecule has 38 heavy (non-hydrogen) atoms. The maximum atomic E-state index is 12.7. The third-order valence-electron chi connectivity index (χ3n) is 7.22. The molecule has 0 aliphatic carbocycles. The van der Waals surface area contributed by atoms with E-state index in [1.807, 2.05) is 0 Å². The fourth-order valence-electron chi connectivity index (χ4n) is 4.78. The summed E-state index contributed by atoms with van der Waals surface area (Å²) in [5, 5.41) is 16.0. The van der Waals surface area contributed by atoms with Gasteiger partial charge in [-0.25, -0.2) is 0 Å². The molecule has 0 aromatic carbocycles. The molecule has 0 unspecified atom stereocenters. The number of hydrogen-bond donors (Lipinski definition) is 5. The normalized spacial score (nSPS) is 11.7. The Bertz CT molecular complexity index is 570. The van der Waals surface area contributed by atoms with E-state index in [2.05, 4.69) is 29.8 Å². The van der Waals surface area contributed by atoms with Crippen LogP contribution in [0.25, 0.3) is 0 Å². The van der Waals surface area contributed by atoms with Gasteiger partial charge in [0, 0.05) is 19.5 Å². The SMILES string of the molecule is CCCCCCCCCCCCCCCCCC(=O)N[C@@H](CCCCNC(=N)N)C(=O)NCCCCCC. The Labute approximate surface area is 235 Å². The largest absolute Gasteiger partial charge is 0.370 e. The van der Waals surface area contributed by atoms with Crippen molar-refractivity contribution in [2.75, 3.05) is 13.1 Å². The van der Waals surface area contributed by atoms with Crippen molar-refractivity contribution >= 4 is 17.8 Å². The maximum absolute atomic E-state index is 12.7. The van der Waals surface area contributed by atoms with E-state index in [0.717, 1.165) is 38.5 Å². The lowest BCUT2D eigenvalue weighted by atomic mass is 10.0. The van der Waals surface area contributed by atoms with Crippen LogP contribution < -0.4 is 21.7 Å². The molecule has 0 rings (SSSR count). The zero-order valence-corrected chi connectivity index (χ0v) is 25.1. The molecule has 0 aliphatic heterocycles. The van der Waals surface area contributed by atoms with Gasteiger partial charge in [-0.1, -0.05) is 123 Å². The second-order valence-corrected chi connectivity index (χ2v) is 11.0. The first-order chi connectivity index (χ1) is 18.5. The Morgan fingerprint density at radius 2 is 1.03 bits per heavy atom. The molecule has 0 bridgehead atoms. The summed E-state index contributed by atoms with van der Waals surface area (Å²) in [7, 11) is 0. The molecule has 224 valence electrons. The van der Waals surface area contributed by atoms with E-state index >= 15 is 0 Å². The number of carbonyl (C=O) groups is 2. The van der Waals surface area contributed by atoms with Crippen molar-refractivity contribution in [2.24, 2.45) is 5.73 Å². The molecule has 0 fully saturated rings. The van der Waals surface area contributed by atoms with Gasteiger partial charge >= 0.3 is 0 Å². The predicted molar refractivity (Wildman–Crippen MR) is 162 cm³/mol. The number of unbranched alkanes of at least 4 members (excludes halogenated alkanes) is 18. The molecule has 2 amide bonds. The number of nitrogens with one attached hydrogen (secondary N) is 4. The number of nitrogens with two attached hydrogens (primary N) is 1. The van der Waals surface area contributed by atoms with E-state index in [9.17, 15) is 9.59 Å². The predicted octanol–water partition coefficient (Wildman–Crippen LogP) is 7.08. The molecule has 0 saturated heterocycles. The van der Waals surface area contributed by atoms with Crippen molar-refractivity contribution in [2.45, 2.75) is 168 Å². The average Bonchev–Trinajstić information content (AvgIpc) is 2.89. The average molecular weight is 538 g/mol. The molecule has 0 spiro atoms. The summed E-state index contributed by atoms with van der Waals surface area (Å²) in [5.74, 6) is -0.137. The van der Waals surface area contributed by atoms with E-state index in [0.29, 0.717) is 25.9 Å². The Morgan fingerprint density at radius 1 is 0.605 bits per heavy atom. The zero-order valence-electron chi connectivity index (χ0n) is 25.1. The van der Waals surface area contributed by atoms with E-state index < -0.39 is 6.04 Å². The molecule has 6 N–H and O–H groups in total. The molecule has 1 atom stereocenters. The summed E-state index contributed by atoms with van der Waals surface area (Å²) in [6.07, 6.45) is 26.7. The molecular weight excluding hydrogens is 474 g/mol. The number of amides is 2. The lowest BCUT2D eigenvalue weighted by molar-refractivity contribution is -0.129. The molecule has 0 heterocycles. The summed E-state index contributed by atoms with van der Waals surface area (Å²) >= 11 is 0. The van der Waals surface area contributed by atoms with Gasteiger partial charge in [0.2, 0.25) is 11.8 Å². The molecule has 0 aliphatic rings. The highest BCUT2D eigenvalue weighted by molar-refractivity contribution is 5.87. The Morgan fingerprint density at radius 3 is 1.53 bits per heavy atom. The first-order valence-electron chi connectivity index (χ1n) is 16.2. The van der Waals surface area contributed by atoms with Gasteiger partial charge in [-0.3, -0.25) is 15.0 Å². The van der Waals surface area contributed by atoms with Crippen LogP contribution in [0.15, 0.2) is 0 Å². The number of rotatable bonds is 28. The molecule has 0 saturated carbocycles. The number of guanidine groups is 1. The van der Waals surface area contributed by atoms with Crippen molar-refractivity contribution in [3.8, 4) is 0 Å². The van der Waals surface area contributed by atoms with Gasteiger partial charge in [0.15, 0.2) is 5.96 Å². The second kappa shape index (κ2) is 28.2. The first-order valence-corrected chi connectivity index (χ1v) is 16.2. The van der Waals surface area contributed by atoms with Gasteiger partial charge in [-0.05, 0) is 32.1 Å². The molecule has 0 radical (unpaired) electrons. The standard InChI is InChI=1S/C31H63N5O2/c1-3-5-7-9-10-11-12-13-14-15-16-17-18-19-20-25-29(37)36-28(24-21-23-27-35-31(32)33)30(38)34-26-22-8-6-4-2/h28H,3-27H2,1-2H3,(H,34,38)(H,36,37)(H4,32,33,35)/t28-/m0/s1.